The van der Waals surface area contributed by atoms with Crippen LogP contribution in [0, 0.1) is 5.92 Å². The summed E-state index contributed by atoms with van der Waals surface area (Å²) in [5.41, 5.74) is 7.94. The zero-order valence-corrected chi connectivity index (χ0v) is 14.5. The number of methoxy groups -OCH3 is 1. The Morgan fingerprint density at radius 2 is 2.31 bits per heavy atom. The number of nitrogens with two attached hydrogens (primary N) is 1. The number of primary amides is 1. The summed E-state index contributed by atoms with van der Waals surface area (Å²) in [6.07, 6.45) is 1.93. The molecule has 0 bridgehead atoms. The highest BCUT2D eigenvalue weighted by Crippen LogP contribution is 2.33. The van der Waals surface area contributed by atoms with Crippen molar-refractivity contribution in [3.05, 3.63) is 47.7 Å². The number of nitrogens with zero attached hydrogens (tertiary/aromatic N) is 3. The van der Waals surface area contributed by atoms with Crippen molar-refractivity contribution in [1.82, 2.24) is 20.0 Å². The molecule has 26 heavy (non-hydrogen) atoms. The second-order valence-electron chi connectivity index (χ2n) is 6.65. The van der Waals surface area contributed by atoms with Crippen molar-refractivity contribution >= 4 is 16.8 Å². The highest BCUT2D eigenvalue weighted by atomic mass is 16.5. The van der Waals surface area contributed by atoms with Gasteiger partial charge in [-0.25, -0.2) is 0 Å². The van der Waals surface area contributed by atoms with Crippen molar-refractivity contribution < 1.29 is 14.1 Å². The highest BCUT2D eigenvalue weighted by Gasteiger charge is 2.40. The van der Waals surface area contributed by atoms with Gasteiger partial charge in [-0.15, -0.1) is 0 Å². The smallest absolute Gasteiger partial charge is 0.231 e. The molecule has 4 rings (SSSR count). The van der Waals surface area contributed by atoms with Crippen LogP contribution in [0.4, 0.5) is 0 Å². The summed E-state index contributed by atoms with van der Waals surface area (Å²) in [5.74, 6) is 0.0283. The lowest BCUT2D eigenvalue weighted by molar-refractivity contribution is -0.121. The standard InChI is InChI=1S/C18H21N5O3/c1-25-10-16-21-18(26-22-16)14-9-23(8-13(14)17(19)24)7-11-3-2-4-15-12(11)5-6-20-15/h2-6,13-14,20H,7-10H2,1H3,(H2,19,24)/t13-,14-/m1/s1. The average Bonchev–Trinajstić information content (AvgIpc) is 3.33. The number of aromatic nitrogens is 3. The van der Waals surface area contributed by atoms with Crippen LogP contribution in [0.25, 0.3) is 10.9 Å². The Bertz CT molecular complexity index is 918. The largest absolute Gasteiger partial charge is 0.377 e. The van der Waals surface area contributed by atoms with Crippen molar-refractivity contribution in [3.8, 4) is 0 Å². The molecule has 1 fully saturated rings. The van der Waals surface area contributed by atoms with E-state index in [4.69, 9.17) is 15.0 Å². The first kappa shape index (κ1) is 16.7. The summed E-state index contributed by atoms with van der Waals surface area (Å²) in [5, 5.41) is 5.09. The van der Waals surface area contributed by atoms with E-state index < -0.39 is 0 Å². The monoisotopic (exact) mass is 355 g/mol. The van der Waals surface area contributed by atoms with E-state index in [-0.39, 0.29) is 24.3 Å². The van der Waals surface area contributed by atoms with E-state index in [9.17, 15) is 4.79 Å². The molecule has 0 aliphatic carbocycles. The second-order valence-corrected chi connectivity index (χ2v) is 6.65. The van der Waals surface area contributed by atoms with Crippen LogP contribution in [0.3, 0.4) is 0 Å². The molecule has 3 aromatic rings. The van der Waals surface area contributed by atoms with E-state index in [1.54, 1.807) is 7.11 Å². The zero-order chi connectivity index (χ0) is 18.1. The Morgan fingerprint density at radius 3 is 3.12 bits per heavy atom. The third-order valence-corrected chi connectivity index (χ3v) is 4.91. The van der Waals surface area contributed by atoms with Gasteiger partial charge in [0.2, 0.25) is 11.8 Å². The van der Waals surface area contributed by atoms with Crippen LogP contribution in [-0.2, 0) is 22.7 Å². The summed E-state index contributed by atoms with van der Waals surface area (Å²) in [6, 6.07) is 8.25. The summed E-state index contributed by atoms with van der Waals surface area (Å²) in [4.78, 5) is 21.8. The number of rotatable bonds is 6. The fraction of sp³-hybridized carbons (Fsp3) is 0.389. The Hall–Kier alpha value is -2.71. The van der Waals surface area contributed by atoms with E-state index in [2.05, 4.69) is 32.2 Å². The molecule has 136 valence electrons. The van der Waals surface area contributed by atoms with Gasteiger partial charge < -0.3 is 20.0 Å². The maximum Gasteiger partial charge on any atom is 0.231 e. The first-order valence-electron chi connectivity index (χ1n) is 8.53. The maximum atomic E-state index is 12.0. The number of benzene rings is 1. The number of amides is 1. The zero-order valence-electron chi connectivity index (χ0n) is 14.5. The number of likely N-dealkylation sites (tertiary alicyclic amines) is 1. The van der Waals surface area contributed by atoms with Crippen LogP contribution in [0.2, 0.25) is 0 Å². The molecule has 0 saturated carbocycles. The molecule has 1 aromatic carbocycles. The number of carbonyl (C=O) groups excluding carboxylic acids is 1. The predicted molar refractivity (Wildman–Crippen MR) is 94.0 cm³/mol. The van der Waals surface area contributed by atoms with Gasteiger partial charge in [-0.3, -0.25) is 9.69 Å². The first-order valence-corrected chi connectivity index (χ1v) is 8.53. The van der Waals surface area contributed by atoms with Gasteiger partial charge in [-0.05, 0) is 17.7 Å². The molecule has 2 atom stereocenters. The number of hydrogen-bond acceptors (Lipinski definition) is 6. The Kier molecular flexibility index (Phi) is 4.44. The molecule has 0 unspecified atom stereocenters. The normalized spacial score (nSPS) is 20.8. The van der Waals surface area contributed by atoms with Crippen LogP contribution in [0.15, 0.2) is 35.0 Å². The second kappa shape index (κ2) is 6.89. The number of H-pyrrole nitrogens is 1. The molecule has 2 aromatic heterocycles. The summed E-state index contributed by atoms with van der Waals surface area (Å²) < 4.78 is 10.4. The Balaban J connectivity index is 1.55. The molecule has 3 N–H and O–H groups in total. The third-order valence-electron chi connectivity index (χ3n) is 4.91. The fourth-order valence-corrected chi connectivity index (χ4v) is 3.69. The molecule has 8 heteroatoms. The molecule has 1 amide bonds. The molecule has 1 aliphatic heterocycles. The van der Waals surface area contributed by atoms with E-state index in [1.165, 1.54) is 10.9 Å². The number of ether oxygens (including phenoxy) is 1. The minimum absolute atomic E-state index is 0.198. The van der Waals surface area contributed by atoms with Crippen LogP contribution < -0.4 is 5.73 Å². The minimum Gasteiger partial charge on any atom is -0.377 e. The molecule has 3 heterocycles. The molecule has 1 saturated heterocycles. The van der Waals surface area contributed by atoms with E-state index in [0.717, 1.165) is 12.1 Å². The van der Waals surface area contributed by atoms with Crippen molar-refractivity contribution in [2.45, 2.75) is 19.1 Å². The van der Waals surface area contributed by atoms with Gasteiger partial charge in [-0.2, -0.15) is 4.98 Å². The highest BCUT2D eigenvalue weighted by molar-refractivity contribution is 5.83. The van der Waals surface area contributed by atoms with Crippen molar-refractivity contribution in [2.24, 2.45) is 11.7 Å². The van der Waals surface area contributed by atoms with Gasteiger partial charge >= 0.3 is 0 Å². The molecular weight excluding hydrogens is 334 g/mol. The summed E-state index contributed by atoms with van der Waals surface area (Å²) >= 11 is 0. The molecular formula is C18H21N5O3. The lowest BCUT2D eigenvalue weighted by atomic mass is 9.95. The van der Waals surface area contributed by atoms with E-state index >= 15 is 0 Å². The van der Waals surface area contributed by atoms with Crippen molar-refractivity contribution in [2.75, 3.05) is 20.2 Å². The predicted octanol–water partition coefficient (Wildman–Crippen LogP) is 1.40. The van der Waals surface area contributed by atoms with Gasteiger partial charge in [-0.1, -0.05) is 17.3 Å². The fourth-order valence-electron chi connectivity index (χ4n) is 3.69. The Labute approximate surface area is 150 Å². The number of nitrogens with one attached hydrogen (secondary N) is 1. The van der Waals surface area contributed by atoms with E-state index in [1.807, 2.05) is 18.3 Å². The van der Waals surface area contributed by atoms with Gasteiger partial charge in [0.05, 0.1) is 11.8 Å². The minimum atomic E-state index is -0.351. The number of carbonyl (C=O) groups is 1. The molecule has 0 radical (unpaired) electrons. The lowest BCUT2D eigenvalue weighted by Crippen LogP contribution is -2.29. The number of hydrogen-bond donors (Lipinski definition) is 2. The van der Waals surface area contributed by atoms with E-state index in [0.29, 0.717) is 24.8 Å². The first-order chi connectivity index (χ1) is 12.7. The number of fused-ring (bicyclic) bond motifs is 1. The topological polar surface area (TPSA) is 110 Å². The van der Waals surface area contributed by atoms with Gasteiger partial charge in [0.15, 0.2) is 5.82 Å². The number of aromatic amines is 1. The van der Waals surface area contributed by atoms with Crippen LogP contribution in [0.5, 0.6) is 0 Å². The maximum absolute atomic E-state index is 12.0. The van der Waals surface area contributed by atoms with Crippen LogP contribution >= 0.6 is 0 Å². The molecule has 1 aliphatic rings. The molecule has 0 spiro atoms. The van der Waals surface area contributed by atoms with Gasteiger partial charge in [0.1, 0.15) is 6.61 Å². The average molecular weight is 355 g/mol. The SMILES string of the molecule is COCc1noc([C@@H]2CN(Cc3cccc4[nH]ccc34)C[C@H]2C(N)=O)n1. The van der Waals surface area contributed by atoms with Gasteiger partial charge in [0.25, 0.3) is 0 Å². The summed E-state index contributed by atoms with van der Waals surface area (Å²) in [6.45, 7) is 2.22. The Morgan fingerprint density at radius 1 is 1.42 bits per heavy atom. The van der Waals surface area contributed by atoms with Crippen LogP contribution in [0.1, 0.15) is 23.2 Å². The quantitative estimate of drug-likeness (QED) is 0.691. The molecule has 8 nitrogen and oxygen atoms in total. The summed E-state index contributed by atoms with van der Waals surface area (Å²) in [7, 11) is 1.57. The van der Waals surface area contributed by atoms with Crippen LogP contribution in [-0.4, -0.2) is 46.1 Å². The van der Waals surface area contributed by atoms with Crippen molar-refractivity contribution in [3.63, 3.8) is 0 Å². The van der Waals surface area contributed by atoms with Gasteiger partial charge in [0, 0.05) is 43.8 Å². The van der Waals surface area contributed by atoms with Crippen molar-refractivity contribution in [1.29, 1.82) is 0 Å². The third kappa shape index (κ3) is 3.09. The lowest BCUT2D eigenvalue weighted by Gasteiger charge is -2.16.